The number of carbonyl (C=O) groups is 1. The van der Waals surface area contributed by atoms with Gasteiger partial charge in [0.05, 0.1) is 13.2 Å². The Morgan fingerprint density at radius 1 is 1.41 bits per heavy atom. The molecule has 0 unspecified atom stereocenters. The van der Waals surface area contributed by atoms with Gasteiger partial charge in [-0.05, 0) is 11.5 Å². The first-order valence-corrected chi connectivity index (χ1v) is 8.07. The molecule has 0 aromatic carbocycles. The van der Waals surface area contributed by atoms with Crippen molar-refractivity contribution in [1.29, 1.82) is 0 Å². The summed E-state index contributed by atoms with van der Waals surface area (Å²) in [4.78, 5) is 34.7. The molecule has 1 aromatic rings. The molecule has 0 radical (unpaired) electrons. The Labute approximate surface area is 129 Å². The molecule has 0 saturated heterocycles. The highest BCUT2D eigenvalue weighted by Crippen LogP contribution is 2.37. The van der Waals surface area contributed by atoms with Crippen molar-refractivity contribution in [2.24, 2.45) is 5.41 Å². The Morgan fingerprint density at radius 2 is 2.05 bits per heavy atom. The Hall–Kier alpha value is -1.47. The standard InChI is InChI=1S/C13H21N2O6P/c1-13(2,3)9-20-12(16)15(4)11-10(6-5-7-14-11)8-21-22(17,18)19/h5-7H,8-9H2,1-4H3,(H2,17,18,19). The van der Waals surface area contributed by atoms with Crippen LogP contribution in [0.5, 0.6) is 0 Å². The first-order chi connectivity index (χ1) is 9.99. The maximum Gasteiger partial charge on any atom is 0.469 e. The Balaban J connectivity index is 2.82. The highest BCUT2D eigenvalue weighted by molar-refractivity contribution is 7.46. The fourth-order valence-corrected chi connectivity index (χ4v) is 1.77. The zero-order valence-electron chi connectivity index (χ0n) is 13.0. The molecule has 0 aliphatic rings. The van der Waals surface area contributed by atoms with Gasteiger partial charge >= 0.3 is 13.9 Å². The quantitative estimate of drug-likeness (QED) is 0.796. The van der Waals surface area contributed by atoms with Gasteiger partial charge in [-0.2, -0.15) is 0 Å². The molecule has 1 rings (SSSR count). The molecule has 0 atom stereocenters. The van der Waals surface area contributed by atoms with Crippen molar-refractivity contribution in [3.63, 3.8) is 0 Å². The number of carbonyl (C=O) groups excluding carboxylic acids is 1. The highest BCUT2D eigenvalue weighted by Gasteiger charge is 2.22. The molecule has 1 amide bonds. The van der Waals surface area contributed by atoms with E-state index in [9.17, 15) is 9.36 Å². The van der Waals surface area contributed by atoms with Gasteiger partial charge in [0.25, 0.3) is 0 Å². The van der Waals surface area contributed by atoms with Gasteiger partial charge in [0.1, 0.15) is 5.82 Å². The van der Waals surface area contributed by atoms with Crippen molar-refractivity contribution < 1.29 is 28.4 Å². The fourth-order valence-electron chi connectivity index (χ4n) is 1.46. The molecule has 8 nitrogen and oxygen atoms in total. The summed E-state index contributed by atoms with van der Waals surface area (Å²) in [7, 11) is -3.14. The van der Waals surface area contributed by atoms with E-state index in [1.54, 1.807) is 12.1 Å². The molecule has 1 heterocycles. The summed E-state index contributed by atoms with van der Waals surface area (Å²) >= 11 is 0. The van der Waals surface area contributed by atoms with Crippen molar-refractivity contribution in [2.75, 3.05) is 18.6 Å². The van der Waals surface area contributed by atoms with E-state index in [0.29, 0.717) is 5.56 Å². The summed E-state index contributed by atoms with van der Waals surface area (Å²) in [6.45, 7) is 5.66. The summed E-state index contributed by atoms with van der Waals surface area (Å²) < 4.78 is 20.4. The van der Waals surface area contributed by atoms with Crippen LogP contribution in [0.4, 0.5) is 10.6 Å². The second kappa shape index (κ2) is 7.19. The molecule has 1 aromatic heterocycles. The zero-order chi connectivity index (χ0) is 17.0. The van der Waals surface area contributed by atoms with Crippen LogP contribution in [0.1, 0.15) is 26.3 Å². The van der Waals surface area contributed by atoms with Crippen LogP contribution in [-0.4, -0.2) is 34.5 Å². The molecular weight excluding hydrogens is 311 g/mol. The van der Waals surface area contributed by atoms with Gasteiger partial charge in [-0.25, -0.2) is 14.3 Å². The number of phosphoric ester groups is 1. The maximum absolute atomic E-state index is 12.0. The number of pyridine rings is 1. The lowest BCUT2D eigenvalue weighted by Crippen LogP contribution is -2.31. The van der Waals surface area contributed by atoms with Crippen molar-refractivity contribution in [1.82, 2.24) is 4.98 Å². The Kier molecular flexibility index (Phi) is 6.08. The zero-order valence-corrected chi connectivity index (χ0v) is 13.9. The van der Waals surface area contributed by atoms with Gasteiger partial charge in [0.2, 0.25) is 0 Å². The second-order valence-electron chi connectivity index (χ2n) is 5.92. The molecule has 0 aliphatic heterocycles. The average molecular weight is 332 g/mol. The number of aromatic nitrogens is 1. The highest BCUT2D eigenvalue weighted by atomic mass is 31.2. The molecule has 0 saturated carbocycles. The molecule has 9 heteroatoms. The Bertz CT molecular complexity index is 566. The minimum absolute atomic E-state index is 0.174. The molecule has 0 fully saturated rings. The summed E-state index contributed by atoms with van der Waals surface area (Å²) in [6, 6.07) is 3.14. The predicted octanol–water partition coefficient (Wildman–Crippen LogP) is 2.31. The lowest BCUT2D eigenvalue weighted by molar-refractivity contribution is 0.113. The summed E-state index contributed by atoms with van der Waals surface area (Å²) in [5, 5.41) is 0. The number of rotatable bonds is 5. The minimum Gasteiger partial charge on any atom is -0.449 e. The van der Waals surface area contributed by atoms with Crippen LogP contribution < -0.4 is 4.90 Å². The van der Waals surface area contributed by atoms with Crippen molar-refractivity contribution in [3.05, 3.63) is 23.9 Å². The normalized spacial score (nSPS) is 12.1. The fraction of sp³-hybridized carbons (Fsp3) is 0.538. The third kappa shape index (κ3) is 6.53. The van der Waals surface area contributed by atoms with E-state index in [1.807, 2.05) is 20.8 Å². The molecule has 0 spiro atoms. The summed E-state index contributed by atoms with van der Waals surface area (Å²) in [5.41, 5.74) is 0.188. The van der Waals surface area contributed by atoms with Gasteiger partial charge in [0.15, 0.2) is 0 Å². The maximum atomic E-state index is 12.0. The van der Waals surface area contributed by atoms with Crippen LogP contribution in [0.15, 0.2) is 18.3 Å². The van der Waals surface area contributed by atoms with E-state index in [2.05, 4.69) is 9.51 Å². The van der Waals surface area contributed by atoms with E-state index in [0.717, 1.165) is 0 Å². The molecule has 124 valence electrons. The third-order valence-electron chi connectivity index (χ3n) is 2.48. The van der Waals surface area contributed by atoms with Crippen molar-refractivity contribution in [2.45, 2.75) is 27.4 Å². The average Bonchev–Trinajstić information content (AvgIpc) is 2.40. The number of hydrogen-bond donors (Lipinski definition) is 2. The first kappa shape index (κ1) is 18.6. The van der Waals surface area contributed by atoms with Gasteiger partial charge < -0.3 is 14.5 Å². The lowest BCUT2D eigenvalue weighted by Gasteiger charge is -2.22. The summed E-state index contributed by atoms with van der Waals surface area (Å²) in [6.07, 6.45) is 0.857. The predicted molar refractivity (Wildman–Crippen MR) is 80.3 cm³/mol. The van der Waals surface area contributed by atoms with E-state index in [-0.39, 0.29) is 24.4 Å². The number of phosphoric acid groups is 1. The van der Waals surface area contributed by atoms with Gasteiger partial charge in [-0.15, -0.1) is 0 Å². The number of anilines is 1. The third-order valence-corrected chi connectivity index (χ3v) is 2.94. The van der Waals surface area contributed by atoms with Crippen LogP contribution in [0.2, 0.25) is 0 Å². The van der Waals surface area contributed by atoms with E-state index in [1.165, 1.54) is 18.1 Å². The number of nitrogens with zero attached hydrogens (tertiary/aromatic N) is 2. The van der Waals surface area contributed by atoms with Crippen LogP contribution in [0, 0.1) is 5.41 Å². The number of hydrogen-bond acceptors (Lipinski definition) is 5. The SMILES string of the molecule is CN(C(=O)OCC(C)(C)C)c1ncccc1COP(=O)(O)O. The van der Waals surface area contributed by atoms with Crippen LogP contribution >= 0.6 is 7.82 Å². The minimum atomic E-state index is -4.60. The van der Waals surface area contributed by atoms with Crippen molar-refractivity contribution in [3.8, 4) is 0 Å². The topological polar surface area (TPSA) is 109 Å². The molecule has 0 aliphatic carbocycles. The first-order valence-electron chi connectivity index (χ1n) is 6.54. The van der Waals surface area contributed by atoms with Crippen LogP contribution in [0.3, 0.4) is 0 Å². The molecule has 0 bridgehead atoms. The van der Waals surface area contributed by atoms with E-state index < -0.39 is 13.9 Å². The van der Waals surface area contributed by atoms with E-state index in [4.69, 9.17) is 14.5 Å². The monoisotopic (exact) mass is 332 g/mol. The molecular formula is C13H21N2O6P. The van der Waals surface area contributed by atoms with Crippen LogP contribution in [-0.2, 0) is 20.4 Å². The van der Waals surface area contributed by atoms with Gasteiger partial charge in [-0.1, -0.05) is 26.8 Å². The smallest absolute Gasteiger partial charge is 0.449 e. The van der Waals surface area contributed by atoms with E-state index >= 15 is 0 Å². The lowest BCUT2D eigenvalue weighted by atomic mass is 9.99. The number of ether oxygens (including phenoxy) is 1. The van der Waals surface area contributed by atoms with Gasteiger partial charge in [-0.3, -0.25) is 9.42 Å². The van der Waals surface area contributed by atoms with Gasteiger partial charge in [0, 0.05) is 18.8 Å². The summed E-state index contributed by atoms with van der Waals surface area (Å²) in [5.74, 6) is 0.217. The number of amides is 1. The molecule has 22 heavy (non-hydrogen) atoms. The second-order valence-corrected chi connectivity index (χ2v) is 7.16. The van der Waals surface area contributed by atoms with Crippen LogP contribution in [0.25, 0.3) is 0 Å². The van der Waals surface area contributed by atoms with Crippen molar-refractivity contribution >= 4 is 19.7 Å². The largest absolute Gasteiger partial charge is 0.469 e. The molecule has 2 N–H and O–H groups in total. The Morgan fingerprint density at radius 3 is 2.59 bits per heavy atom.